The van der Waals surface area contributed by atoms with Crippen LogP contribution in [0.1, 0.15) is 28.3 Å². The number of pyridine rings is 1. The quantitative estimate of drug-likeness (QED) is 0.916. The molecule has 1 aromatic carbocycles. The van der Waals surface area contributed by atoms with Crippen molar-refractivity contribution in [2.24, 2.45) is 0 Å². The largest absolute Gasteiger partial charge is 0.313 e. The van der Waals surface area contributed by atoms with Crippen molar-refractivity contribution in [2.75, 3.05) is 7.05 Å². The molecular weight excluding hydrogens is 256 g/mol. The summed E-state index contributed by atoms with van der Waals surface area (Å²) >= 11 is 6.31. The van der Waals surface area contributed by atoms with E-state index in [1.165, 1.54) is 16.7 Å². The van der Waals surface area contributed by atoms with Gasteiger partial charge in [0.2, 0.25) is 0 Å². The molecule has 0 amide bonds. The minimum atomic E-state index is 0.229. The van der Waals surface area contributed by atoms with E-state index in [0.717, 1.165) is 17.0 Å². The average Bonchev–Trinajstić information content (AvgIpc) is 2.38. The minimum Gasteiger partial charge on any atom is -0.313 e. The number of hydrogen-bond acceptors (Lipinski definition) is 2. The second kappa shape index (κ2) is 6.18. The molecule has 100 valence electrons. The highest BCUT2D eigenvalue weighted by atomic mass is 35.5. The van der Waals surface area contributed by atoms with Crippen LogP contribution in [-0.4, -0.2) is 12.0 Å². The van der Waals surface area contributed by atoms with Crippen LogP contribution in [0.2, 0.25) is 5.02 Å². The fourth-order valence-electron chi connectivity index (χ4n) is 2.19. The molecule has 1 heterocycles. The fourth-order valence-corrected chi connectivity index (χ4v) is 2.51. The number of likely N-dealkylation sites (N-methyl/N-ethyl adjacent to an activating group) is 1. The van der Waals surface area contributed by atoms with Gasteiger partial charge in [0.1, 0.15) is 0 Å². The van der Waals surface area contributed by atoms with Gasteiger partial charge in [-0.25, -0.2) is 0 Å². The first-order valence-corrected chi connectivity index (χ1v) is 6.82. The lowest BCUT2D eigenvalue weighted by atomic mass is 9.99. The van der Waals surface area contributed by atoms with Gasteiger partial charge in [0, 0.05) is 23.5 Å². The Morgan fingerprint density at radius 3 is 2.58 bits per heavy atom. The van der Waals surface area contributed by atoms with Crippen LogP contribution in [0.25, 0.3) is 0 Å². The highest BCUT2D eigenvalue weighted by molar-refractivity contribution is 6.31. The second-order valence-electron chi connectivity index (χ2n) is 4.94. The molecule has 0 fully saturated rings. The van der Waals surface area contributed by atoms with Gasteiger partial charge in [-0.15, -0.1) is 0 Å². The zero-order chi connectivity index (χ0) is 13.8. The zero-order valence-corrected chi connectivity index (χ0v) is 12.3. The Bertz CT molecular complexity index is 566. The molecule has 1 unspecified atom stereocenters. The zero-order valence-electron chi connectivity index (χ0n) is 11.6. The van der Waals surface area contributed by atoms with Crippen molar-refractivity contribution in [1.29, 1.82) is 0 Å². The van der Waals surface area contributed by atoms with Crippen molar-refractivity contribution in [1.82, 2.24) is 10.3 Å². The molecule has 1 atom stereocenters. The van der Waals surface area contributed by atoms with E-state index < -0.39 is 0 Å². The van der Waals surface area contributed by atoms with E-state index >= 15 is 0 Å². The topological polar surface area (TPSA) is 24.9 Å². The molecule has 0 bridgehead atoms. The summed E-state index contributed by atoms with van der Waals surface area (Å²) in [7, 11) is 1.97. The van der Waals surface area contributed by atoms with Gasteiger partial charge in [-0.05, 0) is 55.6 Å². The molecular formula is C16H19ClN2. The third-order valence-corrected chi connectivity index (χ3v) is 3.63. The molecule has 0 saturated heterocycles. The smallest absolute Gasteiger partial charge is 0.0441 e. The molecule has 1 aromatic heterocycles. The van der Waals surface area contributed by atoms with Gasteiger partial charge >= 0.3 is 0 Å². The Kier molecular flexibility index (Phi) is 4.56. The Morgan fingerprint density at radius 1 is 1.16 bits per heavy atom. The van der Waals surface area contributed by atoms with E-state index in [0.29, 0.717) is 0 Å². The maximum absolute atomic E-state index is 6.31. The molecule has 2 aromatic rings. The number of halogens is 1. The van der Waals surface area contributed by atoms with Crippen molar-refractivity contribution in [3.05, 3.63) is 63.9 Å². The van der Waals surface area contributed by atoms with Gasteiger partial charge in [0.25, 0.3) is 0 Å². The van der Waals surface area contributed by atoms with Crippen LogP contribution >= 0.6 is 11.6 Å². The summed E-state index contributed by atoms with van der Waals surface area (Å²) in [6.45, 7) is 4.11. The Morgan fingerprint density at radius 2 is 1.95 bits per heavy atom. The van der Waals surface area contributed by atoms with Crippen molar-refractivity contribution in [2.45, 2.75) is 26.3 Å². The maximum atomic E-state index is 6.31. The molecule has 2 nitrogen and oxygen atoms in total. The molecule has 19 heavy (non-hydrogen) atoms. The van der Waals surface area contributed by atoms with Crippen molar-refractivity contribution in [3.8, 4) is 0 Å². The van der Waals surface area contributed by atoms with Crippen LogP contribution in [0.5, 0.6) is 0 Å². The van der Waals surface area contributed by atoms with Crippen LogP contribution in [0.15, 0.2) is 36.7 Å². The second-order valence-corrected chi connectivity index (χ2v) is 5.34. The summed E-state index contributed by atoms with van der Waals surface area (Å²) in [5.41, 5.74) is 4.71. The van der Waals surface area contributed by atoms with Gasteiger partial charge in [-0.2, -0.15) is 0 Å². The maximum Gasteiger partial charge on any atom is 0.0441 e. The molecule has 1 N–H and O–H groups in total. The third kappa shape index (κ3) is 3.55. The Labute approximate surface area is 119 Å². The van der Waals surface area contributed by atoms with Crippen molar-refractivity contribution in [3.63, 3.8) is 0 Å². The van der Waals surface area contributed by atoms with Crippen LogP contribution in [0, 0.1) is 13.8 Å². The molecule has 3 heteroatoms. The Hall–Kier alpha value is -1.38. The van der Waals surface area contributed by atoms with E-state index in [4.69, 9.17) is 11.6 Å². The van der Waals surface area contributed by atoms with Crippen LogP contribution < -0.4 is 5.32 Å². The lowest BCUT2D eigenvalue weighted by Crippen LogP contribution is -2.19. The van der Waals surface area contributed by atoms with Gasteiger partial charge in [0.15, 0.2) is 0 Å². The summed E-state index contributed by atoms with van der Waals surface area (Å²) in [5, 5.41) is 4.17. The van der Waals surface area contributed by atoms with E-state index in [2.05, 4.69) is 42.3 Å². The summed E-state index contributed by atoms with van der Waals surface area (Å²) in [5.74, 6) is 0. The number of nitrogens with one attached hydrogen (secondary N) is 1. The molecule has 0 aliphatic carbocycles. The monoisotopic (exact) mass is 274 g/mol. The number of benzene rings is 1. The average molecular weight is 275 g/mol. The first kappa shape index (κ1) is 14.0. The third-order valence-electron chi connectivity index (χ3n) is 3.28. The van der Waals surface area contributed by atoms with Crippen LogP contribution in [0.4, 0.5) is 0 Å². The van der Waals surface area contributed by atoms with E-state index in [1.807, 2.05) is 25.5 Å². The number of rotatable bonds is 4. The number of aromatic nitrogens is 1. The number of aryl methyl sites for hydroxylation is 2. The lowest BCUT2D eigenvalue weighted by Gasteiger charge is -2.18. The van der Waals surface area contributed by atoms with E-state index in [1.54, 1.807) is 0 Å². The van der Waals surface area contributed by atoms with Gasteiger partial charge < -0.3 is 5.32 Å². The van der Waals surface area contributed by atoms with E-state index in [-0.39, 0.29) is 6.04 Å². The normalized spacial score (nSPS) is 12.4. The highest BCUT2D eigenvalue weighted by Crippen LogP contribution is 2.24. The predicted molar refractivity (Wildman–Crippen MR) is 80.7 cm³/mol. The van der Waals surface area contributed by atoms with Gasteiger partial charge in [-0.1, -0.05) is 29.8 Å². The van der Waals surface area contributed by atoms with Crippen LogP contribution in [-0.2, 0) is 6.42 Å². The number of nitrogens with zero attached hydrogens (tertiary/aromatic N) is 1. The summed E-state index contributed by atoms with van der Waals surface area (Å²) in [6, 6.07) is 8.61. The molecule has 0 saturated carbocycles. The molecule has 0 spiro atoms. The van der Waals surface area contributed by atoms with Gasteiger partial charge in [-0.3, -0.25) is 4.98 Å². The van der Waals surface area contributed by atoms with Crippen LogP contribution in [0.3, 0.4) is 0 Å². The van der Waals surface area contributed by atoms with Crippen molar-refractivity contribution < 1.29 is 0 Å². The molecule has 2 rings (SSSR count). The Balaban J connectivity index is 2.24. The number of hydrogen-bond donors (Lipinski definition) is 1. The lowest BCUT2D eigenvalue weighted by molar-refractivity contribution is 0.589. The summed E-state index contributed by atoms with van der Waals surface area (Å²) in [6.07, 6.45) is 4.64. The highest BCUT2D eigenvalue weighted by Gasteiger charge is 2.12. The molecule has 0 aliphatic rings. The van der Waals surface area contributed by atoms with E-state index in [9.17, 15) is 0 Å². The van der Waals surface area contributed by atoms with Gasteiger partial charge in [0.05, 0.1) is 0 Å². The summed E-state index contributed by atoms with van der Waals surface area (Å²) in [4.78, 5) is 4.26. The predicted octanol–water partition coefficient (Wildman–Crippen LogP) is 3.86. The molecule has 0 radical (unpaired) electrons. The standard InChI is InChI=1S/C16H19ClN2/c1-11-4-5-13(15(17)7-11)8-16(18-3)14-6-12(2)9-19-10-14/h4-7,9-10,16,18H,8H2,1-3H3. The minimum absolute atomic E-state index is 0.229. The van der Waals surface area contributed by atoms with Crippen molar-refractivity contribution >= 4 is 11.6 Å². The SMILES string of the molecule is CNC(Cc1ccc(C)cc1Cl)c1cncc(C)c1. The fraction of sp³-hybridized carbons (Fsp3) is 0.312. The summed E-state index contributed by atoms with van der Waals surface area (Å²) < 4.78 is 0. The first-order chi connectivity index (χ1) is 9.10. The molecule has 0 aliphatic heterocycles. The first-order valence-electron chi connectivity index (χ1n) is 6.44.